The van der Waals surface area contributed by atoms with Crippen LogP contribution in [0.3, 0.4) is 0 Å². The number of fused-ring (bicyclic) bond motifs is 1. The predicted octanol–water partition coefficient (Wildman–Crippen LogP) is 5.53. The number of anilines is 2. The Hall–Kier alpha value is -2.22. The van der Waals surface area contributed by atoms with Gasteiger partial charge < -0.3 is 4.42 Å². The van der Waals surface area contributed by atoms with Crippen molar-refractivity contribution in [3.63, 3.8) is 0 Å². The number of aromatic nitrogens is 1. The lowest BCUT2D eigenvalue weighted by Gasteiger charge is -2.14. The maximum absolute atomic E-state index is 9.03. The summed E-state index contributed by atoms with van der Waals surface area (Å²) in [5.41, 5.74) is 3.11. The van der Waals surface area contributed by atoms with E-state index in [0.717, 1.165) is 11.3 Å². The van der Waals surface area contributed by atoms with Crippen molar-refractivity contribution in [2.75, 3.05) is 11.9 Å². The van der Waals surface area contributed by atoms with Crippen LogP contribution in [0.2, 0.25) is 10.0 Å². The minimum absolute atomic E-state index is 0.188. The molecule has 0 bridgehead atoms. The smallest absolute Gasteiger partial charge is 0.302 e. The molecule has 0 saturated carbocycles. The van der Waals surface area contributed by atoms with Gasteiger partial charge in [-0.2, -0.15) is 10.2 Å². The first-order chi connectivity index (χ1) is 11.0. The number of hydrogen-bond acceptors (Lipinski definition) is 4. The molecule has 116 valence electrons. The van der Waals surface area contributed by atoms with E-state index in [1.807, 2.05) is 38.2 Å². The highest BCUT2D eigenvalue weighted by atomic mass is 35.5. The van der Waals surface area contributed by atoms with Crippen molar-refractivity contribution in [2.24, 2.45) is 0 Å². The molecule has 1 heterocycles. The van der Waals surface area contributed by atoms with Crippen LogP contribution >= 0.6 is 23.2 Å². The number of nitrogens with zero attached hydrogens (tertiary/aromatic N) is 3. The molecule has 2 aromatic carbocycles. The molecule has 0 amide bonds. The van der Waals surface area contributed by atoms with Gasteiger partial charge in [-0.1, -0.05) is 29.3 Å². The fraction of sp³-hybridized carbons (Fsp3) is 0.176. The van der Waals surface area contributed by atoms with Crippen molar-refractivity contribution in [3.8, 4) is 6.07 Å². The average molecular weight is 346 g/mol. The number of halogens is 2. The Balaban J connectivity index is 1.99. The SMILES string of the molecule is CC(C#N)c1ccc2oc(N(C)c3ccc(Cl)c(Cl)c3)nc2c1. The normalized spacial score (nSPS) is 12.1. The molecule has 6 heteroatoms. The fourth-order valence-corrected chi connectivity index (χ4v) is 2.52. The molecule has 3 aromatic rings. The Morgan fingerprint density at radius 1 is 1.17 bits per heavy atom. The van der Waals surface area contributed by atoms with E-state index in [9.17, 15) is 0 Å². The average Bonchev–Trinajstić information content (AvgIpc) is 2.99. The molecule has 1 unspecified atom stereocenters. The molecule has 0 radical (unpaired) electrons. The second-order valence-electron chi connectivity index (χ2n) is 5.23. The van der Waals surface area contributed by atoms with Gasteiger partial charge in [0.1, 0.15) is 5.52 Å². The second-order valence-corrected chi connectivity index (χ2v) is 6.05. The highest BCUT2D eigenvalue weighted by molar-refractivity contribution is 6.42. The third-order valence-electron chi connectivity index (χ3n) is 3.67. The largest absolute Gasteiger partial charge is 0.423 e. The van der Waals surface area contributed by atoms with Gasteiger partial charge in [-0.05, 0) is 42.8 Å². The summed E-state index contributed by atoms with van der Waals surface area (Å²) in [6.45, 7) is 1.85. The number of nitriles is 1. The monoisotopic (exact) mass is 345 g/mol. The van der Waals surface area contributed by atoms with Crippen LogP contribution in [0.4, 0.5) is 11.7 Å². The highest BCUT2D eigenvalue weighted by Gasteiger charge is 2.14. The number of benzene rings is 2. The Bertz CT molecular complexity index is 914. The van der Waals surface area contributed by atoms with Crippen molar-refractivity contribution in [2.45, 2.75) is 12.8 Å². The number of hydrogen-bond donors (Lipinski definition) is 0. The van der Waals surface area contributed by atoms with Gasteiger partial charge in [0.15, 0.2) is 5.58 Å². The molecule has 0 aliphatic carbocycles. The standard InChI is InChI=1S/C17H13Cl2N3O/c1-10(9-20)11-3-6-16-15(7-11)21-17(23-16)22(2)12-4-5-13(18)14(19)8-12/h3-8,10H,1-2H3. The van der Waals surface area contributed by atoms with Gasteiger partial charge in [0.2, 0.25) is 0 Å². The first kappa shape index (κ1) is 15.7. The van der Waals surface area contributed by atoms with E-state index < -0.39 is 0 Å². The summed E-state index contributed by atoms with van der Waals surface area (Å²) in [7, 11) is 1.84. The van der Waals surface area contributed by atoms with Gasteiger partial charge in [0.25, 0.3) is 0 Å². The maximum Gasteiger partial charge on any atom is 0.302 e. The Morgan fingerprint density at radius 2 is 1.96 bits per heavy atom. The number of oxazole rings is 1. The van der Waals surface area contributed by atoms with Crippen LogP contribution in [0.5, 0.6) is 0 Å². The van der Waals surface area contributed by atoms with E-state index in [0.29, 0.717) is 27.2 Å². The summed E-state index contributed by atoms with van der Waals surface area (Å²) in [5, 5.41) is 9.99. The summed E-state index contributed by atoms with van der Waals surface area (Å²) in [6.07, 6.45) is 0. The Labute approximate surface area is 143 Å². The van der Waals surface area contributed by atoms with Gasteiger partial charge >= 0.3 is 6.01 Å². The number of rotatable bonds is 3. The van der Waals surface area contributed by atoms with Crippen LogP contribution < -0.4 is 4.90 Å². The molecular formula is C17H13Cl2N3O. The lowest BCUT2D eigenvalue weighted by molar-refractivity contribution is 0.603. The highest BCUT2D eigenvalue weighted by Crippen LogP contribution is 2.32. The first-order valence-electron chi connectivity index (χ1n) is 6.98. The molecule has 3 rings (SSSR count). The summed E-state index contributed by atoms with van der Waals surface area (Å²) >= 11 is 12.0. The van der Waals surface area contributed by atoms with Crippen molar-refractivity contribution < 1.29 is 4.42 Å². The molecule has 0 aliphatic rings. The van der Waals surface area contributed by atoms with Gasteiger partial charge in [-0.15, -0.1) is 0 Å². The maximum atomic E-state index is 9.03. The van der Waals surface area contributed by atoms with Crippen LogP contribution in [-0.2, 0) is 0 Å². The van der Waals surface area contributed by atoms with E-state index in [4.69, 9.17) is 32.9 Å². The van der Waals surface area contributed by atoms with Crippen LogP contribution in [0.1, 0.15) is 18.4 Å². The molecule has 0 spiro atoms. The summed E-state index contributed by atoms with van der Waals surface area (Å²) < 4.78 is 5.78. The van der Waals surface area contributed by atoms with E-state index in [1.165, 1.54) is 0 Å². The molecule has 0 fully saturated rings. The molecule has 1 aromatic heterocycles. The van der Waals surface area contributed by atoms with E-state index in [2.05, 4.69) is 11.1 Å². The van der Waals surface area contributed by atoms with Crippen molar-refractivity contribution in [1.82, 2.24) is 4.98 Å². The van der Waals surface area contributed by atoms with E-state index in [-0.39, 0.29) is 5.92 Å². The van der Waals surface area contributed by atoms with Gasteiger partial charge in [-0.3, -0.25) is 4.90 Å². The van der Waals surface area contributed by atoms with Crippen LogP contribution in [0.25, 0.3) is 11.1 Å². The quantitative estimate of drug-likeness (QED) is 0.626. The van der Waals surface area contributed by atoms with E-state index >= 15 is 0 Å². The molecule has 1 atom stereocenters. The third kappa shape index (κ3) is 2.98. The van der Waals surface area contributed by atoms with Gasteiger partial charge in [0, 0.05) is 12.7 Å². The molecule has 0 saturated heterocycles. The van der Waals surface area contributed by atoms with Crippen molar-refractivity contribution in [1.29, 1.82) is 5.26 Å². The van der Waals surface area contributed by atoms with Gasteiger partial charge in [0.05, 0.1) is 22.0 Å². The minimum Gasteiger partial charge on any atom is -0.423 e. The molecular weight excluding hydrogens is 333 g/mol. The summed E-state index contributed by atoms with van der Waals surface area (Å²) in [6, 6.07) is 13.6. The lowest BCUT2D eigenvalue weighted by atomic mass is 10.0. The van der Waals surface area contributed by atoms with E-state index in [1.54, 1.807) is 17.0 Å². The molecule has 23 heavy (non-hydrogen) atoms. The molecule has 4 nitrogen and oxygen atoms in total. The van der Waals surface area contributed by atoms with Gasteiger partial charge in [-0.25, -0.2) is 0 Å². The second kappa shape index (κ2) is 6.11. The zero-order valence-corrected chi connectivity index (χ0v) is 14.1. The minimum atomic E-state index is -0.188. The summed E-state index contributed by atoms with van der Waals surface area (Å²) in [4.78, 5) is 6.28. The molecule has 0 N–H and O–H groups in total. The summed E-state index contributed by atoms with van der Waals surface area (Å²) in [5.74, 6) is -0.188. The van der Waals surface area contributed by atoms with Crippen molar-refractivity contribution >= 4 is 46.0 Å². The fourth-order valence-electron chi connectivity index (χ4n) is 2.22. The first-order valence-corrected chi connectivity index (χ1v) is 7.74. The predicted molar refractivity (Wildman–Crippen MR) is 92.6 cm³/mol. The van der Waals surface area contributed by atoms with Crippen LogP contribution in [-0.4, -0.2) is 12.0 Å². The zero-order chi connectivity index (χ0) is 16.6. The lowest BCUT2D eigenvalue weighted by Crippen LogP contribution is -2.09. The Morgan fingerprint density at radius 3 is 2.65 bits per heavy atom. The molecule has 0 aliphatic heterocycles. The zero-order valence-electron chi connectivity index (χ0n) is 12.5. The Kier molecular flexibility index (Phi) is 4.16. The van der Waals surface area contributed by atoms with Crippen LogP contribution in [0, 0.1) is 11.3 Å². The van der Waals surface area contributed by atoms with Crippen molar-refractivity contribution in [3.05, 3.63) is 52.0 Å². The third-order valence-corrected chi connectivity index (χ3v) is 4.41. The van der Waals surface area contributed by atoms with Crippen LogP contribution in [0.15, 0.2) is 40.8 Å². The topological polar surface area (TPSA) is 53.1 Å².